The van der Waals surface area contributed by atoms with Crippen LogP contribution >= 0.6 is 0 Å². The molecule has 0 atom stereocenters. The van der Waals surface area contributed by atoms with Crippen LogP contribution in [0.2, 0.25) is 0 Å². The van der Waals surface area contributed by atoms with Crippen LogP contribution in [0.15, 0.2) is 60.7 Å². The number of carbonyl (C=O) groups is 2. The van der Waals surface area contributed by atoms with Crippen LogP contribution in [0.5, 0.6) is 11.5 Å². The van der Waals surface area contributed by atoms with Crippen molar-refractivity contribution in [3.05, 3.63) is 60.7 Å². The molecular weight excluding hydrogens is 279 g/mol. The van der Waals surface area contributed by atoms with E-state index in [0.29, 0.717) is 11.5 Å². The third-order valence-corrected chi connectivity index (χ3v) is 2.48. The molecule has 2 aromatic carbocycles. The van der Waals surface area contributed by atoms with Crippen molar-refractivity contribution in [2.24, 2.45) is 0 Å². The zero-order chi connectivity index (χ0) is 14.2. The molecule has 0 saturated heterocycles. The molecule has 2 aromatic rings. The Labute approximate surface area is 145 Å². The summed E-state index contributed by atoms with van der Waals surface area (Å²) >= 11 is 0. The van der Waals surface area contributed by atoms with E-state index in [1.165, 1.54) is 0 Å². The van der Waals surface area contributed by atoms with E-state index >= 15 is 0 Å². The molecular formula is C16H14NaO4. The van der Waals surface area contributed by atoms with Gasteiger partial charge in [0.15, 0.2) is 0 Å². The predicted octanol–water partition coefficient (Wildman–Crippen LogP) is 2.60. The van der Waals surface area contributed by atoms with Crippen LogP contribution in [0.4, 0.5) is 0 Å². The maximum absolute atomic E-state index is 11.5. The summed E-state index contributed by atoms with van der Waals surface area (Å²) in [6.45, 7) is 0. The number of benzene rings is 2. The predicted molar refractivity (Wildman–Crippen MR) is 79.1 cm³/mol. The van der Waals surface area contributed by atoms with Gasteiger partial charge in [0.05, 0.1) is 12.8 Å². The van der Waals surface area contributed by atoms with Gasteiger partial charge in [-0.1, -0.05) is 36.4 Å². The first-order valence-electron chi connectivity index (χ1n) is 6.25. The molecule has 0 N–H and O–H groups in total. The van der Waals surface area contributed by atoms with Crippen LogP contribution in [0, 0.1) is 0 Å². The van der Waals surface area contributed by atoms with Crippen LogP contribution in [0.3, 0.4) is 0 Å². The van der Waals surface area contributed by atoms with E-state index in [1.54, 1.807) is 48.5 Å². The molecule has 0 aliphatic rings. The van der Waals surface area contributed by atoms with Gasteiger partial charge in [0.25, 0.3) is 0 Å². The Kier molecular flexibility index (Phi) is 7.75. The molecule has 0 amide bonds. The number of carbonyl (C=O) groups excluding carboxylic acids is 2. The molecule has 21 heavy (non-hydrogen) atoms. The van der Waals surface area contributed by atoms with Crippen LogP contribution in [0.1, 0.15) is 12.8 Å². The SMILES string of the molecule is O=C(CCC(=O)Oc1ccccc1)Oc1ccccc1.[Na]. The second kappa shape index (κ2) is 9.34. The van der Waals surface area contributed by atoms with Crippen LogP contribution in [0.25, 0.3) is 0 Å². The summed E-state index contributed by atoms with van der Waals surface area (Å²) in [7, 11) is 0. The monoisotopic (exact) mass is 293 g/mol. The Morgan fingerprint density at radius 2 is 1.00 bits per heavy atom. The summed E-state index contributed by atoms with van der Waals surface area (Å²) in [5, 5.41) is 0. The standard InChI is InChI=1S/C16H14O4.Na/c17-15(19-13-7-3-1-4-8-13)11-12-16(18)20-14-9-5-2-6-10-14;/h1-10H,11-12H2;. The third kappa shape index (κ3) is 6.58. The molecule has 0 aliphatic carbocycles. The van der Waals surface area contributed by atoms with Crippen LogP contribution in [-0.4, -0.2) is 41.5 Å². The van der Waals surface area contributed by atoms with Gasteiger partial charge in [0, 0.05) is 29.6 Å². The average molecular weight is 293 g/mol. The molecule has 2 rings (SSSR count). The van der Waals surface area contributed by atoms with Gasteiger partial charge in [0.1, 0.15) is 11.5 Å². The molecule has 103 valence electrons. The summed E-state index contributed by atoms with van der Waals surface area (Å²) in [6, 6.07) is 17.5. The summed E-state index contributed by atoms with van der Waals surface area (Å²) in [6.07, 6.45) is -0.0267. The molecule has 5 heteroatoms. The van der Waals surface area contributed by atoms with Gasteiger partial charge < -0.3 is 9.47 Å². The smallest absolute Gasteiger partial charge is 0.311 e. The van der Waals surface area contributed by atoms with Crippen molar-refractivity contribution in [3.8, 4) is 11.5 Å². The number of rotatable bonds is 5. The van der Waals surface area contributed by atoms with Gasteiger partial charge in [-0.2, -0.15) is 0 Å². The first kappa shape index (κ1) is 17.4. The Bertz CT molecular complexity index is 516. The summed E-state index contributed by atoms with van der Waals surface area (Å²) in [4.78, 5) is 23.1. The molecule has 0 bridgehead atoms. The van der Waals surface area contributed by atoms with Gasteiger partial charge in [-0.15, -0.1) is 0 Å². The minimum absolute atomic E-state index is 0. The fraction of sp³-hybridized carbons (Fsp3) is 0.125. The van der Waals surface area contributed by atoms with Gasteiger partial charge >= 0.3 is 11.9 Å². The minimum Gasteiger partial charge on any atom is -0.427 e. The second-order valence-corrected chi connectivity index (χ2v) is 4.07. The van der Waals surface area contributed by atoms with Crippen molar-refractivity contribution in [2.45, 2.75) is 12.8 Å². The quantitative estimate of drug-likeness (QED) is 0.483. The molecule has 0 aliphatic heterocycles. The van der Waals surface area contributed by atoms with Crippen molar-refractivity contribution in [1.29, 1.82) is 0 Å². The van der Waals surface area contributed by atoms with Gasteiger partial charge in [-0.05, 0) is 24.3 Å². The summed E-state index contributed by atoms with van der Waals surface area (Å²) in [5.41, 5.74) is 0. The first-order valence-corrected chi connectivity index (χ1v) is 6.25. The zero-order valence-electron chi connectivity index (χ0n) is 11.8. The van der Waals surface area contributed by atoms with E-state index in [4.69, 9.17) is 9.47 Å². The van der Waals surface area contributed by atoms with E-state index in [0.717, 1.165) is 0 Å². The maximum atomic E-state index is 11.5. The minimum atomic E-state index is -0.457. The molecule has 0 saturated carbocycles. The Hall–Kier alpha value is -1.62. The largest absolute Gasteiger partial charge is 0.427 e. The molecule has 0 spiro atoms. The van der Waals surface area contributed by atoms with Crippen LogP contribution < -0.4 is 9.47 Å². The fourth-order valence-electron chi connectivity index (χ4n) is 1.55. The van der Waals surface area contributed by atoms with Crippen LogP contribution in [-0.2, 0) is 9.59 Å². The van der Waals surface area contributed by atoms with Gasteiger partial charge in [-0.25, -0.2) is 0 Å². The Balaban J connectivity index is 0.00000220. The fourth-order valence-corrected chi connectivity index (χ4v) is 1.55. The van der Waals surface area contributed by atoms with Crippen molar-refractivity contribution >= 4 is 41.5 Å². The number of hydrogen-bond donors (Lipinski definition) is 0. The second-order valence-electron chi connectivity index (χ2n) is 4.07. The van der Waals surface area contributed by atoms with Crippen molar-refractivity contribution in [1.82, 2.24) is 0 Å². The first-order chi connectivity index (χ1) is 9.74. The molecule has 0 fully saturated rings. The average Bonchev–Trinajstić information content (AvgIpc) is 2.47. The van der Waals surface area contributed by atoms with Crippen molar-refractivity contribution in [2.75, 3.05) is 0 Å². The molecule has 4 nitrogen and oxygen atoms in total. The molecule has 0 heterocycles. The van der Waals surface area contributed by atoms with E-state index in [9.17, 15) is 9.59 Å². The summed E-state index contributed by atoms with van der Waals surface area (Å²) in [5.74, 6) is 0.0188. The molecule has 0 unspecified atom stereocenters. The Morgan fingerprint density at radius 1 is 0.667 bits per heavy atom. The molecule has 0 aromatic heterocycles. The van der Waals surface area contributed by atoms with E-state index in [-0.39, 0.29) is 42.4 Å². The number of esters is 2. The summed E-state index contributed by atoms with van der Waals surface area (Å²) < 4.78 is 10.1. The van der Waals surface area contributed by atoms with E-state index in [2.05, 4.69) is 0 Å². The zero-order valence-corrected chi connectivity index (χ0v) is 13.8. The van der Waals surface area contributed by atoms with Crippen molar-refractivity contribution in [3.63, 3.8) is 0 Å². The number of para-hydroxylation sites is 2. The topological polar surface area (TPSA) is 52.6 Å². The number of ether oxygens (including phenoxy) is 2. The normalized spacial score (nSPS) is 9.33. The van der Waals surface area contributed by atoms with Gasteiger partial charge in [-0.3, -0.25) is 9.59 Å². The maximum Gasteiger partial charge on any atom is 0.311 e. The Morgan fingerprint density at radius 3 is 1.33 bits per heavy atom. The number of hydrogen-bond acceptors (Lipinski definition) is 4. The van der Waals surface area contributed by atoms with E-state index in [1.807, 2.05) is 12.1 Å². The van der Waals surface area contributed by atoms with Gasteiger partial charge in [0.2, 0.25) is 0 Å². The van der Waals surface area contributed by atoms with Crippen molar-refractivity contribution < 1.29 is 19.1 Å². The van der Waals surface area contributed by atoms with E-state index < -0.39 is 11.9 Å². The molecule has 1 radical (unpaired) electrons. The third-order valence-electron chi connectivity index (χ3n) is 2.48.